The van der Waals surface area contributed by atoms with Gasteiger partial charge < -0.3 is 9.40 Å². The van der Waals surface area contributed by atoms with E-state index in [1.807, 2.05) is 28.9 Å². The van der Waals surface area contributed by atoms with Crippen molar-refractivity contribution in [2.75, 3.05) is 0 Å². The molecule has 1 aromatic carbocycles. The average Bonchev–Trinajstić information content (AvgIpc) is 3.61. The molecule has 35 heavy (non-hydrogen) atoms. The van der Waals surface area contributed by atoms with Gasteiger partial charge >= 0.3 is 0 Å². The Labute approximate surface area is 205 Å². The summed E-state index contributed by atoms with van der Waals surface area (Å²) in [5, 5.41) is 14.0. The zero-order chi connectivity index (χ0) is 24.4. The van der Waals surface area contributed by atoms with E-state index >= 15 is 0 Å². The number of rotatable bonds is 9. The molecule has 0 unspecified atom stereocenters. The number of H-pyrrole nitrogens is 1. The smallest absolute Gasteiger partial charge is 0.252 e. The monoisotopic (exact) mass is 474 g/mol. The Bertz CT molecular complexity index is 1330. The van der Waals surface area contributed by atoms with Crippen molar-refractivity contribution in [1.82, 2.24) is 30.1 Å². The second kappa shape index (κ2) is 10.2. The molecule has 0 bridgehead atoms. The fraction of sp³-hybridized carbons (Fsp3) is 0.481. The zero-order valence-electron chi connectivity index (χ0n) is 20.8. The highest BCUT2D eigenvalue weighted by molar-refractivity contribution is 5.80. The van der Waals surface area contributed by atoms with Gasteiger partial charge in [0.2, 0.25) is 0 Å². The Morgan fingerprint density at radius 2 is 1.97 bits per heavy atom. The number of aromatic amines is 1. The van der Waals surface area contributed by atoms with Crippen LogP contribution in [0.5, 0.6) is 0 Å². The van der Waals surface area contributed by atoms with E-state index in [4.69, 9.17) is 4.42 Å². The quantitative estimate of drug-likeness (QED) is 0.350. The number of nitrogens with zero attached hydrogens (tertiary/aromatic N) is 5. The Morgan fingerprint density at radius 1 is 1.17 bits per heavy atom. The average molecular weight is 475 g/mol. The van der Waals surface area contributed by atoms with Crippen LogP contribution in [0.3, 0.4) is 0 Å². The fourth-order valence-electron chi connectivity index (χ4n) is 5.31. The predicted molar refractivity (Wildman–Crippen MR) is 135 cm³/mol. The summed E-state index contributed by atoms with van der Waals surface area (Å²) >= 11 is 0. The molecule has 8 nitrogen and oxygen atoms in total. The van der Waals surface area contributed by atoms with Gasteiger partial charge in [0.05, 0.1) is 24.9 Å². The van der Waals surface area contributed by atoms with Crippen molar-refractivity contribution < 1.29 is 4.42 Å². The third kappa shape index (κ3) is 4.93. The Balaban J connectivity index is 1.54. The fourth-order valence-corrected chi connectivity index (χ4v) is 5.31. The molecule has 1 aliphatic carbocycles. The van der Waals surface area contributed by atoms with Crippen LogP contribution in [0.15, 0.2) is 45.8 Å². The lowest BCUT2D eigenvalue weighted by Crippen LogP contribution is -2.33. The molecule has 1 aliphatic rings. The SMILES string of the molecule is CCC[C@H](c1nnnn1C1CCCC1)N(Cc1ccco1)Cc1cc2cc(C)c(C)cc2[nH]c1=O. The van der Waals surface area contributed by atoms with Gasteiger partial charge in [0.1, 0.15) is 5.76 Å². The summed E-state index contributed by atoms with van der Waals surface area (Å²) in [6.45, 7) is 7.38. The second-order valence-electron chi connectivity index (χ2n) is 9.86. The van der Waals surface area contributed by atoms with Gasteiger partial charge in [0.15, 0.2) is 5.82 Å². The van der Waals surface area contributed by atoms with Crippen molar-refractivity contribution in [3.8, 4) is 0 Å². The first-order valence-corrected chi connectivity index (χ1v) is 12.7. The van der Waals surface area contributed by atoms with E-state index in [2.05, 4.69) is 52.2 Å². The molecule has 3 heterocycles. The number of benzene rings is 1. The highest BCUT2D eigenvalue weighted by Crippen LogP contribution is 2.34. The molecule has 1 fully saturated rings. The minimum atomic E-state index is -0.0594. The topological polar surface area (TPSA) is 92.8 Å². The predicted octanol–water partition coefficient (Wildman–Crippen LogP) is 5.38. The number of furan rings is 1. The van der Waals surface area contributed by atoms with Crippen molar-refractivity contribution in [3.05, 3.63) is 75.2 Å². The lowest BCUT2D eigenvalue weighted by Gasteiger charge is -2.31. The summed E-state index contributed by atoms with van der Waals surface area (Å²) in [7, 11) is 0. The van der Waals surface area contributed by atoms with Gasteiger partial charge in [0.25, 0.3) is 5.56 Å². The third-order valence-corrected chi connectivity index (χ3v) is 7.34. The second-order valence-corrected chi connectivity index (χ2v) is 9.86. The number of hydrogen-bond donors (Lipinski definition) is 1. The minimum Gasteiger partial charge on any atom is -0.468 e. The Hall–Kier alpha value is -3.26. The molecule has 1 saturated carbocycles. The largest absolute Gasteiger partial charge is 0.468 e. The van der Waals surface area contributed by atoms with E-state index < -0.39 is 0 Å². The number of nitrogens with one attached hydrogen (secondary N) is 1. The Morgan fingerprint density at radius 3 is 2.71 bits per heavy atom. The molecule has 5 rings (SSSR count). The molecule has 0 spiro atoms. The first-order valence-electron chi connectivity index (χ1n) is 12.7. The molecule has 8 heteroatoms. The van der Waals surface area contributed by atoms with E-state index in [0.29, 0.717) is 19.1 Å². The molecular weight excluding hydrogens is 440 g/mol. The summed E-state index contributed by atoms with van der Waals surface area (Å²) in [5.74, 6) is 1.74. The summed E-state index contributed by atoms with van der Waals surface area (Å²) in [6.07, 6.45) is 8.20. The number of tetrazole rings is 1. The van der Waals surface area contributed by atoms with Crippen LogP contribution in [0.1, 0.15) is 85.8 Å². The summed E-state index contributed by atoms with van der Waals surface area (Å²) in [4.78, 5) is 18.5. The molecule has 0 amide bonds. The molecule has 1 atom stereocenters. The van der Waals surface area contributed by atoms with E-state index in [1.165, 1.54) is 24.0 Å². The number of aryl methyl sites for hydroxylation is 2. The maximum absolute atomic E-state index is 13.2. The van der Waals surface area contributed by atoms with Gasteiger partial charge in [-0.15, -0.1) is 5.10 Å². The van der Waals surface area contributed by atoms with Gasteiger partial charge in [-0.25, -0.2) is 4.68 Å². The minimum absolute atomic E-state index is 0.0319. The number of pyridine rings is 1. The maximum atomic E-state index is 13.2. The van der Waals surface area contributed by atoms with Crippen molar-refractivity contribution in [2.24, 2.45) is 0 Å². The van der Waals surface area contributed by atoms with Crippen LogP contribution >= 0.6 is 0 Å². The maximum Gasteiger partial charge on any atom is 0.252 e. The van der Waals surface area contributed by atoms with Gasteiger partial charge in [0, 0.05) is 17.6 Å². The van der Waals surface area contributed by atoms with Crippen molar-refractivity contribution in [1.29, 1.82) is 0 Å². The third-order valence-electron chi connectivity index (χ3n) is 7.34. The molecular formula is C27H34N6O2. The summed E-state index contributed by atoms with van der Waals surface area (Å²) in [5.41, 5.74) is 3.92. The van der Waals surface area contributed by atoms with Crippen molar-refractivity contribution >= 4 is 10.9 Å². The van der Waals surface area contributed by atoms with Gasteiger partial charge in [-0.2, -0.15) is 0 Å². The van der Waals surface area contributed by atoms with Crippen molar-refractivity contribution in [3.63, 3.8) is 0 Å². The Kier molecular flexibility index (Phi) is 6.81. The lowest BCUT2D eigenvalue weighted by molar-refractivity contribution is 0.142. The van der Waals surface area contributed by atoms with Crippen LogP contribution in [0, 0.1) is 13.8 Å². The van der Waals surface area contributed by atoms with Gasteiger partial charge in [-0.05, 0) is 90.4 Å². The molecule has 0 radical (unpaired) electrons. The highest BCUT2D eigenvalue weighted by Gasteiger charge is 2.30. The molecule has 0 saturated heterocycles. The van der Waals surface area contributed by atoms with Crippen LogP contribution in [-0.4, -0.2) is 30.1 Å². The van der Waals surface area contributed by atoms with E-state index in [0.717, 1.165) is 53.7 Å². The molecule has 1 N–H and O–H groups in total. The first kappa shape index (κ1) is 23.5. The van der Waals surface area contributed by atoms with Crippen LogP contribution in [0.25, 0.3) is 10.9 Å². The highest BCUT2D eigenvalue weighted by atomic mass is 16.3. The number of aromatic nitrogens is 5. The molecule has 0 aliphatic heterocycles. The van der Waals surface area contributed by atoms with E-state index in [9.17, 15) is 4.79 Å². The first-order chi connectivity index (χ1) is 17.0. The van der Waals surface area contributed by atoms with E-state index in [-0.39, 0.29) is 11.6 Å². The lowest BCUT2D eigenvalue weighted by atomic mass is 10.0. The zero-order valence-corrected chi connectivity index (χ0v) is 20.8. The molecule has 4 aromatic rings. The summed E-state index contributed by atoms with van der Waals surface area (Å²) < 4.78 is 7.76. The normalized spacial score (nSPS) is 15.4. The molecule has 3 aromatic heterocycles. The van der Waals surface area contributed by atoms with Crippen LogP contribution in [-0.2, 0) is 13.1 Å². The summed E-state index contributed by atoms with van der Waals surface area (Å²) in [6, 6.07) is 10.4. The van der Waals surface area contributed by atoms with Crippen LogP contribution < -0.4 is 5.56 Å². The number of fused-ring (bicyclic) bond motifs is 1. The van der Waals surface area contributed by atoms with Gasteiger partial charge in [-0.1, -0.05) is 26.2 Å². The van der Waals surface area contributed by atoms with Crippen molar-refractivity contribution in [2.45, 2.75) is 84.5 Å². The van der Waals surface area contributed by atoms with Crippen LogP contribution in [0.2, 0.25) is 0 Å². The van der Waals surface area contributed by atoms with Gasteiger partial charge in [-0.3, -0.25) is 9.69 Å². The van der Waals surface area contributed by atoms with E-state index in [1.54, 1.807) is 6.26 Å². The number of hydrogen-bond acceptors (Lipinski definition) is 6. The molecule has 184 valence electrons. The van der Waals surface area contributed by atoms with Crippen LogP contribution in [0.4, 0.5) is 0 Å². The standard InChI is InChI=1S/C27H34N6O2/c1-4-8-25(26-29-30-31-33(26)22-9-5-6-10-22)32(17-23-11-7-12-35-23)16-21-15-20-13-18(2)19(3)14-24(20)28-27(21)34/h7,11-15,22,25H,4-6,8-10,16-17H2,1-3H3,(H,28,34)/t25-/m1/s1.